The fraction of sp³-hybridized carbons (Fsp3) is 0.231. The minimum absolute atomic E-state index is 0.0698. The third-order valence-electron chi connectivity index (χ3n) is 2.55. The molecule has 1 aromatic heterocycles. The van der Waals surface area contributed by atoms with Gasteiger partial charge in [0.15, 0.2) is 5.69 Å². The van der Waals surface area contributed by atoms with E-state index >= 15 is 0 Å². The molecule has 0 radical (unpaired) electrons. The lowest BCUT2D eigenvalue weighted by atomic mass is 10.3. The van der Waals surface area contributed by atoms with E-state index in [0.717, 1.165) is 0 Å². The average Bonchev–Trinajstić information content (AvgIpc) is 2.86. The molecule has 0 amide bonds. The van der Waals surface area contributed by atoms with Gasteiger partial charge in [-0.25, -0.2) is 9.48 Å². The first kappa shape index (κ1) is 14.9. The van der Waals surface area contributed by atoms with E-state index in [-0.39, 0.29) is 5.69 Å². The molecule has 21 heavy (non-hydrogen) atoms. The molecule has 2 rings (SSSR count). The molecule has 0 atom stereocenters. The second kappa shape index (κ2) is 5.86. The number of nitrogens with two attached hydrogens (primary N) is 1. The van der Waals surface area contributed by atoms with Crippen LogP contribution >= 0.6 is 0 Å². The van der Waals surface area contributed by atoms with Gasteiger partial charge >= 0.3 is 12.1 Å². The highest BCUT2D eigenvalue weighted by Crippen LogP contribution is 2.19. The first-order valence-corrected chi connectivity index (χ1v) is 6.00. The van der Waals surface area contributed by atoms with Crippen molar-refractivity contribution in [2.45, 2.75) is 12.6 Å². The van der Waals surface area contributed by atoms with Gasteiger partial charge in [0.25, 0.3) is 0 Å². The van der Waals surface area contributed by atoms with Crippen LogP contribution < -0.4 is 5.73 Å². The van der Waals surface area contributed by atoms with Crippen molar-refractivity contribution in [2.75, 3.05) is 12.3 Å². The molecule has 0 aliphatic heterocycles. The van der Waals surface area contributed by atoms with Gasteiger partial charge in [0.1, 0.15) is 6.61 Å². The summed E-state index contributed by atoms with van der Waals surface area (Å²) in [4.78, 5) is 11.6. The molecule has 0 saturated carbocycles. The quantitative estimate of drug-likeness (QED) is 0.696. The zero-order valence-corrected chi connectivity index (χ0v) is 10.8. The van der Waals surface area contributed by atoms with Gasteiger partial charge in [0.05, 0.1) is 12.1 Å². The van der Waals surface area contributed by atoms with Crippen LogP contribution in [0.1, 0.15) is 16.9 Å². The third-order valence-corrected chi connectivity index (χ3v) is 2.55. The van der Waals surface area contributed by atoms with Gasteiger partial charge in [0.2, 0.25) is 0 Å². The summed E-state index contributed by atoms with van der Waals surface area (Å²) in [6.07, 6.45) is -4.05. The SMILES string of the molecule is Nc1cccc(-n2ccc(C(=O)OCCC(F)(F)F)n2)c1. The van der Waals surface area contributed by atoms with E-state index < -0.39 is 25.2 Å². The Balaban J connectivity index is 2.01. The molecular weight excluding hydrogens is 287 g/mol. The summed E-state index contributed by atoms with van der Waals surface area (Å²) in [7, 11) is 0. The van der Waals surface area contributed by atoms with E-state index in [0.29, 0.717) is 11.4 Å². The number of carbonyl (C=O) groups is 1. The van der Waals surface area contributed by atoms with Gasteiger partial charge in [0, 0.05) is 11.9 Å². The van der Waals surface area contributed by atoms with Crippen LogP contribution in [0.25, 0.3) is 5.69 Å². The predicted molar refractivity (Wildman–Crippen MR) is 68.9 cm³/mol. The normalized spacial score (nSPS) is 11.4. The van der Waals surface area contributed by atoms with Crippen molar-refractivity contribution in [2.24, 2.45) is 0 Å². The van der Waals surface area contributed by atoms with Crippen LogP contribution in [-0.2, 0) is 4.74 Å². The van der Waals surface area contributed by atoms with Crippen molar-refractivity contribution in [3.63, 3.8) is 0 Å². The Morgan fingerprint density at radius 1 is 1.33 bits per heavy atom. The standard InChI is InChI=1S/C13H12F3N3O2/c14-13(15,16)5-7-21-12(20)11-4-6-19(18-11)10-3-1-2-9(17)8-10/h1-4,6,8H,5,7,17H2. The molecule has 1 aromatic carbocycles. The molecule has 8 heteroatoms. The molecule has 5 nitrogen and oxygen atoms in total. The smallest absolute Gasteiger partial charge is 0.392 e. The number of carbonyl (C=O) groups excluding carboxylic acids is 1. The highest BCUT2D eigenvalue weighted by Gasteiger charge is 2.27. The van der Waals surface area contributed by atoms with Gasteiger partial charge in [-0.3, -0.25) is 0 Å². The summed E-state index contributed by atoms with van der Waals surface area (Å²) < 4.78 is 41.7. The molecule has 0 aliphatic rings. The van der Waals surface area contributed by atoms with Gasteiger partial charge in [-0.1, -0.05) is 6.07 Å². The van der Waals surface area contributed by atoms with Crippen molar-refractivity contribution >= 4 is 11.7 Å². The average molecular weight is 299 g/mol. The fourth-order valence-electron chi connectivity index (χ4n) is 1.58. The number of anilines is 1. The highest BCUT2D eigenvalue weighted by molar-refractivity contribution is 5.87. The maximum atomic E-state index is 11.9. The van der Waals surface area contributed by atoms with Crippen molar-refractivity contribution in [3.8, 4) is 5.69 Å². The number of benzene rings is 1. The Labute approximate surface area is 118 Å². The molecule has 0 saturated heterocycles. The maximum absolute atomic E-state index is 11.9. The number of nitrogens with zero attached hydrogens (tertiary/aromatic N) is 2. The number of hydrogen-bond acceptors (Lipinski definition) is 4. The van der Waals surface area contributed by atoms with Gasteiger partial charge in [-0.05, 0) is 24.3 Å². The Kier molecular flexibility index (Phi) is 4.15. The van der Waals surface area contributed by atoms with Crippen LogP contribution in [0.15, 0.2) is 36.5 Å². The molecule has 0 unspecified atom stereocenters. The first-order valence-electron chi connectivity index (χ1n) is 6.00. The summed E-state index contributed by atoms with van der Waals surface area (Å²) in [5, 5.41) is 3.94. The summed E-state index contributed by atoms with van der Waals surface area (Å²) in [6.45, 7) is -0.729. The number of esters is 1. The van der Waals surface area contributed by atoms with Crippen LogP contribution in [0.4, 0.5) is 18.9 Å². The van der Waals surface area contributed by atoms with Crippen LogP contribution in [0, 0.1) is 0 Å². The predicted octanol–water partition coefficient (Wildman–Crippen LogP) is 2.56. The number of hydrogen-bond donors (Lipinski definition) is 1. The molecule has 0 aliphatic carbocycles. The Bertz CT molecular complexity index is 638. The van der Waals surface area contributed by atoms with Crippen molar-refractivity contribution in [1.29, 1.82) is 0 Å². The van der Waals surface area contributed by atoms with E-state index in [2.05, 4.69) is 9.84 Å². The lowest BCUT2D eigenvalue weighted by Gasteiger charge is -2.06. The minimum Gasteiger partial charge on any atom is -0.461 e. The lowest BCUT2D eigenvalue weighted by Crippen LogP contribution is -2.15. The molecule has 2 N–H and O–H groups in total. The van der Waals surface area contributed by atoms with Crippen LogP contribution in [0.3, 0.4) is 0 Å². The molecule has 1 heterocycles. The molecular formula is C13H12F3N3O2. The topological polar surface area (TPSA) is 70.1 Å². The lowest BCUT2D eigenvalue weighted by molar-refractivity contribution is -0.141. The third kappa shape index (κ3) is 4.23. The molecule has 0 spiro atoms. The highest BCUT2D eigenvalue weighted by atomic mass is 19.4. The largest absolute Gasteiger partial charge is 0.461 e. The summed E-state index contributed by atoms with van der Waals surface area (Å²) in [5.41, 5.74) is 6.71. The number of aromatic nitrogens is 2. The number of nitrogen functional groups attached to an aromatic ring is 1. The molecule has 0 bridgehead atoms. The first-order chi connectivity index (χ1) is 9.85. The number of rotatable bonds is 4. The van der Waals surface area contributed by atoms with E-state index in [1.54, 1.807) is 24.3 Å². The van der Waals surface area contributed by atoms with E-state index in [1.165, 1.54) is 16.9 Å². The van der Waals surface area contributed by atoms with Crippen molar-refractivity contribution < 1.29 is 22.7 Å². The zero-order valence-electron chi connectivity index (χ0n) is 10.8. The maximum Gasteiger partial charge on any atom is 0.392 e. The van der Waals surface area contributed by atoms with Gasteiger partial charge in [-0.2, -0.15) is 18.3 Å². The molecule has 2 aromatic rings. The number of ether oxygens (including phenoxy) is 1. The van der Waals surface area contributed by atoms with Crippen LogP contribution in [0.2, 0.25) is 0 Å². The Hall–Kier alpha value is -2.51. The van der Waals surface area contributed by atoms with Crippen LogP contribution in [-0.4, -0.2) is 28.5 Å². The monoisotopic (exact) mass is 299 g/mol. The summed E-state index contributed by atoms with van der Waals surface area (Å²) in [5.74, 6) is -0.901. The van der Waals surface area contributed by atoms with Crippen molar-refractivity contribution in [1.82, 2.24) is 9.78 Å². The Morgan fingerprint density at radius 2 is 2.10 bits per heavy atom. The number of alkyl halides is 3. The fourth-order valence-corrected chi connectivity index (χ4v) is 1.58. The summed E-state index contributed by atoms with van der Waals surface area (Å²) >= 11 is 0. The Morgan fingerprint density at radius 3 is 2.76 bits per heavy atom. The van der Waals surface area contributed by atoms with E-state index in [9.17, 15) is 18.0 Å². The molecule has 112 valence electrons. The molecule has 0 fully saturated rings. The summed E-state index contributed by atoms with van der Waals surface area (Å²) in [6, 6.07) is 8.14. The minimum atomic E-state index is -4.36. The second-order valence-electron chi connectivity index (χ2n) is 4.24. The van der Waals surface area contributed by atoms with Gasteiger partial charge in [-0.15, -0.1) is 0 Å². The van der Waals surface area contributed by atoms with Gasteiger partial charge < -0.3 is 10.5 Å². The van der Waals surface area contributed by atoms with Crippen LogP contribution in [0.5, 0.6) is 0 Å². The number of halogens is 3. The zero-order chi connectivity index (χ0) is 15.5. The van der Waals surface area contributed by atoms with E-state index in [4.69, 9.17) is 5.73 Å². The van der Waals surface area contributed by atoms with Crippen molar-refractivity contribution in [3.05, 3.63) is 42.2 Å². The second-order valence-corrected chi connectivity index (χ2v) is 4.24. The van der Waals surface area contributed by atoms with E-state index in [1.807, 2.05) is 0 Å².